The van der Waals surface area contributed by atoms with Crippen LogP contribution in [0.2, 0.25) is 5.02 Å². The monoisotopic (exact) mass is 426 g/mol. The fourth-order valence-corrected chi connectivity index (χ4v) is 7.25. The second kappa shape index (κ2) is 7.84. The van der Waals surface area contributed by atoms with E-state index in [-0.39, 0.29) is 36.0 Å². The molecule has 28 heavy (non-hydrogen) atoms. The van der Waals surface area contributed by atoms with Crippen molar-refractivity contribution in [2.75, 3.05) is 30.1 Å². The quantitative estimate of drug-likeness (QED) is 0.695. The van der Waals surface area contributed by atoms with Gasteiger partial charge >= 0.3 is 0 Å². The Morgan fingerprint density at radius 2 is 1.75 bits per heavy atom. The van der Waals surface area contributed by atoms with E-state index in [1.165, 1.54) is 20.0 Å². The lowest BCUT2D eigenvalue weighted by atomic mass is 9.97. The summed E-state index contributed by atoms with van der Waals surface area (Å²) in [5, 5.41) is 0.413. The van der Waals surface area contributed by atoms with E-state index >= 15 is 0 Å². The molecule has 0 radical (unpaired) electrons. The van der Waals surface area contributed by atoms with E-state index < -0.39 is 9.84 Å². The van der Waals surface area contributed by atoms with Crippen LogP contribution in [-0.2, 0) is 14.6 Å². The van der Waals surface area contributed by atoms with Gasteiger partial charge in [-0.25, -0.2) is 8.42 Å². The lowest BCUT2D eigenvalue weighted by Gasteiger charge is -2.46. The third kappa shape index (κ3) is 3.76. The summed E-state index contributed by atoms with van der Waals surface area (Å²) in [7, 11) is -1.65. The van der Waals surface area contributed by atoms with E-state index in [0.717, 1.165) is 25.7 Å². The van der Waals surface area contributed by atoms with Crippen LogP contribution < -0.4 is 9.64 Å². The Morgan fingerprint density at radius 1 is 1.07 bits per heavy atom. The maximum absolute atomic E-state index is 13.2. The second-order valence-electron chi connectivity index (χ2n) is 8.11. The molecule has 0 bridgehead atoms. The largest absolute Gasteiger partial charge is 0.495 e. The molecule has 2 saturated heterocycles. The predicted molar refractivity (Wildman–Crippen MR) is 110 cm³/mol. The molecule has 3 fully saturated rings. The lowest BCUT2D eigenvalue weighted by molar-refractivity contribution is -0.124. The van der Waals surface area contributed by atoms with Gasteiger partial charge in [-0.05, 0) is 31.0 Å². The molecule has 6 nitrogen and oxygen atoms in total. The minimum absolute atomic E-state index is 0.0102. The van der Waals surface area contributed by atoms with Crippen LogP contribution in [0.3, 0.4) is 0 Å². The number of fused-ring (bicyclic) bond motifs is 1. The summed E-state index contributed by atoms with van der Waals surface area (Å²) in [6, 6.07) is 4.99. The minimum atomic E-state index is -3.19. The molecule has 1 aliphatic carbocycles. The second-order valence-corrected chi connectivity index (χ2v) is 10.7. The summed E-state index contributed by atoms with van der Waals surface area (Å²) in [5.74, 6) is 0.618. The Labute approximate surface area is 171 Å². The van der Waals surface area contributed by atoms with Gasteiger partial charge in [-0.1, -0.05) is 37.3 Å². The SMILES string of the molecule is COc1ccc(N2C(=O)CN(C3CCCCCC3)[C@H]3CS(=O)(=O)C[C@H]32)cc1Cl. The van der Waals surface area contributed by atoms with Gasteiger partial charge in [0.2, 0.25) is 5.91 Å². The molecule has 2 atom stereocenters. The van der Waals surface area contributed by atoms with E-state index in [4.69, 9.17) is 16.3 Å². The summed E-state index contributed by atoms with van der Waals surface area (Å²) in [6.07, 6.45) is 6.84. The average molecular weight is 427 g/mol. The summed E-state index contributed by atoms with van der Waals surface area (Å²) in [5.41, 5.74) is 0.642. The van der Waals surface area contributed by atoms with Crippen molar-refractivity contribution in [3.63, 3.8) is 0 Å². The number of rotatable bonds is 3. The zero-order chi connectivity index (χ0) is 19.9. The third-order valence-corrected chi connectivity index (χ3v) is 8.34. The number of nitrogens with zero attached hydrogens (tertiary/aromatic N) is 2. The Balaban J connectivity index is 1.67. The van der Waals surface area contributed by atoms with E-state index in [1.54, 1.807) is 23.1 Å². The normalized spacial score (nSPS) is 28.8. The first-order valence-corrected chi connectivity index (χ1v) is 12.2. The number of sulfone groups is 1. The highest BCUT2D eigenvalue weighted by Gasteiger charge is 2.51. The van der Waals surface area contributed by atoms with E-state index in [9.17, 15) is 13.2 Å². The van der Waals surface area contributed by atoms with Crippen LogP contribution >= 0.6 is 11.6 Å². The summed E-state index contributed by atoms with van der Waals surface area (Å²) >= 11 is 6.27. The van der Waals surface area contributed by atoms with Gasteiger partial charge in [0.15, 0.2) is 9.84 Å². The van der Waals surface area contributed by atoms with Crippen molar-refractivity contribution in [3.8, 4) is 5.75 Å². The molecule has 1 saturated carbocycles. The fourth-order valence-electron chi connectivity index (χ4n) is 5.04. The molecule has 8 heteroatoms. The van der Waals surface area contributed by atoms with E-state index in [0.29, 0.717) is 22.5 Å². The zero-order valence-electron chi connectivity index (χ0n) is 16.1. The number of methoxy groups -OCH3 is 1. The van der Waals surface area contributed by atoms with Gasteiger partial charge in [0.25, 0.3) is 0 Å². The van der Waals surface area contributed by atoms with Crippen LogP contribution in [0.1, 0.15) is 38.5 Å². The van der Waals surface area contributed by atoms with Gasteiger partial charge in [0.1, 0.15) is 5.75 Å². The first kappa shape index (κ1) is 20.0. The average Bonchev–Trinajstić information content (AvgIpc) is 2.82. The van der Waals surface area contributed by atoms with Crippen LogP contribution in [0, 0.1) is 0 Å². The highest BCUT2D eigenvalue weighted by atomic mass is 35.5. The molecule has 3 aliphatic rings. The Morgan fingerprint density at radius 3 is 2.39 bits per heavy atom. The van der Waals surface area contributed by atoms with Gasteiger partial charge in [0, 0.05) is 17.8 Å². The van der Waals surface area contributed by atoms with Crippen molar-refractivity contribution in [2.24, 2.45) is 0 Å². The van der Waals surface area contributed by atoms with Crippen molar-refractivity contribution in [1.82, 2.24) is 4.90 Å². The van der Waals surface area contributed by atoms with Crippen molar-refractivity contribution in [1.29, 1.82) is 0 Å². The van der Waals surface area contributed by atoms with Crippen LogP contribution in [0.25, 0.3) is 0 Å². The third-order valence-electron chi connectivity index (χ3n) is 6.34. The van der Waals surface area contributed by atoms with Crippen LogP contribution in [0.4, 0.5) is 5.69 Å². The molecule has 1 aromatic rings. The van der Waals surface area contributed by atoms with Gasteiger partial charge in [0.05, 0.1) is 36.2 Å². The van der Waals surface area contributed by atoms with Crippen molar-refractivity contribution < 1.29 is 17.9 Å². The molecule has 154 valence electrons. The van der Waals surface area contributed by atoms with E-state index in [1.807, 2.05) is 0 Å². The van der Waals surface area contributed by atoms with Crippen LogP contribution in [-0.4, -0.2) is 62.5 Å². The molecule has 1 amide bonds. The summed E-state index contributed by atoms with van der Waals surface area (Å²) in [6.45, 7) is 0.269. The Kier molecular flexibility index (Phi) is 5.60. The number of hydrogen-bond donors (Lipinski definition) is 0. The van der Waals surface area contributed by atoms with Crippen molar-refractivity contribution in [2.45, 2.75) is 56.7 Å². The van der Waals surface area contributed by atoms with E-state index in [2.05, 4.69) is 4.90 Å². The molecule has 0 spiro atoms. The molecule has 0 aromatic heterocycles. The minimum Gasteiger partial charge on any atom is -0.495 e. The zero-order valence-corrected chi connectivity index (χ0v) is 17.7. The van der Waals surface area contributed by atoms with Gasteiger partial charge in [-0.3, -0.25) is 9.69 Å². The number of halogens is 1. The fraction of sp³-hybridized carbons (Fsp3) is 0.650. The number of benzene rings is 1. The Hall–Kier alpha value is -1.31. The number of hydrogen-bond acceptors (Lipinski definition) is 5. The van der Waals surface area contributed by atoms with Gasteiger partial charge in [-0.15, -0.1) is 0 Å². The molecule has 2 aliphatic heterocycles. The lowest BCUT2D eigenvalue weighted by Crippen LogP contribution is -2.64. The number of piperazine rings is 1. The number of ether oxygens (including phenoxy) is 1. The first-order chi connectivity index (χ1) is 13.4. The molecule has 1 aromatic carbocycles. The van der Waals surface area contributed by atoms with Crippen LogP contribution in [0.5, 0.6) is 5.75 Å². The summed E-state index contributed by atoms with van der Waals surface area (Å²) in [4.78, 5) is 17.0. The molecule has 0 unspecified atom stereocenters. The van der Waals surface area contributed by atoms with Gasteiger partial charge in [-0.2, -0.15) is 0 Å². The standard InChI is InChI=1S/C20H27ClN2O4S/c1-27-19-9-8-15(10-16(19)21)23-18-13-28(25,26)12-17(18)22(11-20(23)24)14-6-4-2-3-5-7-14/h8-10,14,17-18H,2-7,11-13H2,1H3/t17-,18+/m0/s1. The molecule has 2 heterocycles. The highest BCUT2D eigenvalue weighted by molar-refractivity contribution is 7.91. The molecular formula is C20H27ClN2O4S. The highest BCUT2D eigenvalue weighted by Crippen LogP contribution is 2.37. The number of carbonyl (C=O) groups is 1. The molecular weight excluding hydrogens is 400 g/mol. The van der Waals surface area contributed by atoms with Crippen LogP contribution in [0.15, 0.2) is 18.2 Å². The van der Waals surface area contributed by atoms with Gasteiger partial charge < -0.3 is 9.64 Å². The molecule has 4 rings (SSSR count). The maximum Gasteiger partial charge on any atom is 0.241 e. The van der Waals surface area contributed by atoms with Crippen molar-refractivity contribution >= 4 is 33.0 Å². The number of anilines is 1. The maximum atomic E-state index is 13.2. The number of carbonyl (C=O) groups excluding carboxylic acids is 1. The topological polar surface area (TPSA) is 66.9 Å². The molecule has 0 N–H and O–H groups in total. The smallest absolute Gasteiger partial charge is 0.241 e. The predicted octanol–water partition coefficient (Wildman–Crippen LogP) is 2.89. The summed E-state index contributed by atoms with van der Waals surface area (Å²) < 4.78 is 30.3. The van der Waals surface area contributed by atoms with Crippen molar-refractivity contribution in [3.05, 3.63) is 23.2 Å². The number of amides is 1. The Bertz CT molecular complexity index is 852. The first-order valence-electron chi connectivity index (χ1n) is 10.0.